The zero-order valence-corrected chi connectivity index (χ0v) is 13.3. The highest BCUT2D eigenvalue weighted by Gasteiger charge is 2.21. The predicted molar refractivity (Wildman–Crippen MR) is 84.0 cm³/mol. The van der Waals surface area contributed by atoms with E-state index in [1.165, 1.54) is 26.3 Å². The van der Waals surface area contributed by atoms with Crippen LogP contribution in [0.4, 0.5) is 5.69 Å². The van der Waals surface area contributed by atoms with Crippen LogP contribution in [0.2, 0.25) is 0 Å². The number of anilines is 1. The number of sulfonamides is 1. The fourth-order valence-corrected chi connectivity index (χ4v) is 3.69. The summed E-state index contributed by atoms with van der Waals surface area (Å²) in [6.07, 6.45) is 5.99. The molecule has 1 aromatic rings. The summed E-state index contributed by atoms with van der Waals surface area (Å²) in [5.74, 6) is 0. The van der Waals surface area contributed by atoms with Crippen LogP contribution in [0, 0.1) is 0 Å². The number of hydrogen-bond acceptors (Lipinski definition) is 4. The standard InChI is InChI=1S/C15H24N2O3S/c1-16-21(19,20)15-9-7-14(8-10-15)17(11-12-18)13-5-3-2-4-6-13/h7-10,13,16,18H,2-6,11-12H2,1H3. The lowest BCUT2D eigenvalue weighted by molar-refractivity contribution is 0.290. The van der Waals surface area contributed by atoms with Gasteiger partial charge in [0, 0.05) is 18.3 Å². The van der Waals surface area contributed by atoms with E-state index in [2.05, 4.69) is 9.62 Å². The molecule has 0 spiro atoms. The molecule has 21 heavy (non-hydrogen) atoms. The summed E-state index contributed by atoms with van der Waals surface area (Å²) in [5, 5.41) is 9.30. The van der Waals surface area contributed by atoms with Crippen molar-refractivity contribution in [3.63, 3.8) is 0 Å². The van der Waals surface area contributed by atoms with Crippen molar-refractivity contribution in [2.24, 2.45) is 0 Å². The zero-order chi connectivity index (χ0) is 15.3. The molecule has 1 fully saturated rings. The number of aliphatic hydroxyl groups excluding tert-OH is 1. The molecule has 0 radical (unpaired) electrons. The SMILES string of the molecule is CNS(=O)(=O)c1ccc(N(CCO)C2CCCCC2)cc1. The smallest absolute Gasteiger partial charge is 0.240 e. The topological polar surface area (TPSA) is 69.6 Å². The summed E-state index contributed by atoms with van der Waals surface area (Å²) in [6.45, 7) is 0.690. The van der Waals surface area contributed by atoms with E-state index in [1.54, 1.807) is 12.1 Å². The van der Waals surface area contributed by atoms with Gasteiger partial charge in [0.05, 0.1) is 11.5 Å². The molecule has 0 aromatic heterocycles. The average Bonchev–Trinajstić information content (AvgIpc) is 2.53. The number of benzene rings is 1. The highest BCUT2D eigenvalue weighted by Crippen LogP contribution is 2.27. The van der Waals surface area contributed by atoms with Crippen molar-refractivity contribution in [2.45, 2.75) is 43.0 Å². The van der Waals surface area contributed by atoms with E-state index < -0.39 is 10.0 Å². The number of nitrogens with one attached hydrogen (secondary N) is 1. The molecule has 118 valence electrons. The highest BCUT2D eigenvalue weighted by molar-refractivity contribution is 7.89. The Hall–Kier alpha value is -1.11. The molecule has 0 atom stereocenters. The van der Waals surface area contributed by atoms with Gasteiger partial charge in [0.25, 0.3) is 0 Å². The first-order chi connectivity index (χ1) is 10.1. The molecule has 6 heteroatoms. The van der Waals surface area contributed by atoms with Gasteiger partial charge in [-0.1, -0.05) is 19.3 Å². The molecule has 1 aromatic carbocycles. The molecule has 5 nitrogen and oxygen atoms in total. The second-order valence-corrected chi connectivity index (χ2v) is 7.30. The molecule has 0 unspecified atom stereocenters. The van der Waals surface area contributed by atoms with Crippen molar-refractivity contribution in [2.75, 3.05) is 25.1 Å². The van der Waals surface area contributed by atoms with E-state index in [0.29, 0.717) is 12.6 Å². The van der Waals surface area contributed by atoms with Crippen LogP contribution < -0.4 is 9.62 Å². The molecular weight excluding hydrogens is 288 g/mol. The number of aliphatic hydroxyl groups is 1. The van der Waals surface area contributed by atoms with Crippen molar-refractivity contribution in [1.29, 1.82) is 0 Å². The van der Waals surface area contributed by atoms with E-state index >= 15 is 0 Å². The van der Waals surface area contributed by atoms with Crippen molar-refractivity contribution in [1.82, 2.24) is 4.72 Å². The monoisotopic (exact) mass is 312 g/mol. The van der Waals surface area contributed by atoms with Crippen LogP contribution in [0.15, 0.2) is 29.2 Å². The van der Waals surface area contributed by atoms with E-state index in [9.17, 15) is 13.5 Å². The maximum atomic E-state index is 11.7. The van der Waals surface area contributed by atoms with Crippen LogP contribution in [-0.4, -0.2) is 39.8 Å². The Kier molecular flexibility index (Phi) is 5.61. The number of nitrogens with zero attached hydrogens (tertiary/aromatic N) is 1. The Labute approximate surface area is 127 Å². The second-order valence-electron chi connectivity index (χ2n) is 5.41. The summed E-state index contributed by atoms with van der Waals surface area (Å²) in [6, 6.07) is 7.34. The average molecular weight is 312 g/mol. The van der Waals surface area contributed by atoms with Gasteiger partial charge in [-0.25, -0.2) is 13.1 Å². The zero-order valence-electron chi connectivity index (χ0n) is 12.5. The Bertz CT molecular complexity index is 537. The van der Waals surface area contributed by atoms with E-state index in [1.807, 2.05) is 12.1 Å². The maximum Gasteiger partial charge on any atom is 0.240 e. The van der Waals surface area contributed by atoms with Crippen molar-refractivity contribution < 1.29 is 13.5 Å². The van der Waals surface area contributed by atoms with Crippen LogP contribution in [0.3, 0.4) is 0 Å². The van der Waals surface area contributed by atoms with Gasteiger partial charge in [-0.05, 0) is 44.2 Å². The molecule has 0 amide bonds. The maximum absolute atomic E-state index is 11.7. The Morgan fingerprint density at radius 3 is 2.33 bits per heavy atom. The summed E-state index contributed by atoms with van der Waals surface area (Å²) >= 11 is 0. The fraction of sp³-hybridized carbons (Fsp3) is 0.600. The molecule has 1 aliphatic rings. The molecule has 2 rings (SSSR count). The quantitative estimate of drug-likeness (QED) is 0.839. The van der Waals surface area contributed by atoms with Crippen LogP contribution in [0.1, 0.15) is 32.1 Å². The summed E-state index contributed by atoms with van der Waals surface area (Å²) in [4.78, 5) is 2.47. The van der Waals surface area contributed by atoms with Crippen LogP contribution >= 0.6 is 0 Å². The molecule has 1 saturated carbocycles. The summed E-state index contributed by atoms with van der Waals surface area (Å²) < 4.78 is 25.8. The Morgan fingerprint density at radius 1 is 1.19 bits per heavy atom. The normalized spacial score (nSPS) is 16.9. The van der Waals surface area contributed by atoms with Gasteiger partial charge in [0.15, 0.2) is 0 Å². The van der Waals surface area contributed by atoms with Gasteiger partial charge in [0.1, 0.15) is 0 Å². The van der Waals surface area contributed by atoms with E-state index in [4.69, 9.17) is 0 Å². The van der Waals surface area contributed by atoms with Gasteiger partial charge in [-0.2, -0.15) is 0 Å². The van der Waals surface area contributed by atoms with Gasteiger partial charge >= 0.3 is 0 Å². The van der Waals surface area contributed by atoms with Crippen molar-refractivity contribution in [3.05, 3.63) is 24.3 Å². The first kappa shape index (κ1) is 16.3. The molecule has 0 bridgehead atoms. The first-order valence-electron chi connectivity index (χ1n) is 7.49. The van der Waals surface area contributed by atoms with Crippen LogP contribution in [0.25, 0.3) is 0 Å². The minimum absolute atomic E-state index is 0.104. The third kappa shape index (κ3) is 3.96. The van der Waals surface area contributed by atoms with Crippen molar-refractivity contribution in [3.8, 4) is 0 Å². The highest BCUT2D eigenvalue weighted by atomic mass is 32.2. The first-order valence-corrected chi connectivity index (χ1v) is 8.98. The molecule has 0 saturated heterocycles. The van der Waals surface area contributed by atoms with Gasteiger partial charge in [-0.15, -0.1) is 0 Å². The van der Waals surface area contributed by atoms with E-state index in [-0.39, 0.29) is 11.5 Å². The minimum Gasteiger partial charge on any atom is -0.395 e. The van der Waals surface area contributed by atoms with Crippen molar-refractivity contribution >= 4 is 15.7 Å². The van der Waals surface area contributed by atoms with E-state index in [0.717, 1.165) is 18.5 Å². The van der Waals surface area contributed by atoms with Crippen LogP contribution in [0.5, 0.6) is 0 Å². The van der Waals surface area contributed by atoms with Gasteiger partial charge in [-0.3, -0.25) is 0 Å². The third-order valence-electron chi connectivity index (χ3n) is 4.10. The lowest BCUT2D eigenvalue weighted by Crippen LogP contribution is -2.38. The summed E-state index contributed by atoms with van der Waals surface area (Å²) in [5.41, 5.74) is 0.978. The second kappa shape index (κ2) is 7.24. The molecular formula is C15H24N2O3S. The summed E-state index contributed by atoms with van der Waals surface area (Å²) in [7, 11) is -1.99. The van der Waals surface area contributed by atoms with Gasteiger partial charge < -0.3 is 10.0 Å². The van der Waals surface area contributed by atoms with Gasteiger partial charge in [0.2, 0.25) is 10.0 Å². The molecule has 2 N–H and O–H groups in total. The largest absolute Gasteiger partial charge is 0.395 e. The number of hydrogen-bond donors (Lipinski definition) is 2. The fourth-order valence-electron chi connectivity index (χ4n) is 2.96. The molecule has 1 aliphatic carbocycles. The third-order valence-corrected chi connectivity index (χ3v) is 5.53. The Balaban J connectivity index is 2.20. The lowest BCUT2D eigenvalue weighted by Gasteiger charge is -2.36. The predicted octanol–water partition coefficient (Wildman–Crippen LogP) is 1.73. The molecule has 0 aliphatic heterocycles. The Morgan fingerprint density at radius 2 is 1.81 bits per heavy atom. The van der Waals surface area contributed by atoms with Crippen LogP contribution in [-0.2, 0) is 10.0 Å². The number of rotatable bonds is 6. The molecule has 0 heterocycles. The lowest BCUT2D eigenvalue weighted by atomic mass is 9.94. The minimum atomic E-state index is -3.40.